The van der Waals surface area contributed by atoms with E-state index in [1.54, 1.807) is 0 Å². The van der Waals surface area contributed by atoms with E-state index in [0.29, 0.717) is 13.2 Å². The molecule has 0 saturated carbocycles. The van der Waals surface area contributed by atoms with Gasteiger partial charge >= 0.3 is 0 Å². The second-order valence-corrected chi connectivity index (χ2v) is 5.92. The van der Waals surface area contributed by atoms with E-state index in [2.05, 4.69) is 44.9 Å². The largest absolute Gasteiger partial charge is 0.394 e. The summed E-state index contributed by atoms with van der Waals surface area (Å²) in [5.41, 5.74) is 5.86. The SMILES string of the molecule is Cc1ccccc1-n1nc(C)c(CN(C)CCOCCO)c1C. The fraction of sp³-hybridized carbons (Fsp3) is 0.500. The summed E-state index contributed by atoms with van der Waals surface area (Å²) in [5, 5.41) is 13.5. The molecule has 2 aromatic rings. The number of para-hydroxylation sites is 1. The molecule has 0 aliphatic heterocycles. The first-order chi connectivity index (χ1) is 11.0. The van der Waals surface area contributed by atoms with Crippen LogP contribution in [-0.2, 0) is 11.3 Å². The Morgan fingerprint density at radius 1 is 1.17 bits per heavy atom. The molecule has 0 amide bonds. The summed E-state index contributed by atoms with van der Waals surface area (Å²) in [7, 11) is 2.08. The molecule has 0 spiro atoms. The Morgan fingerprint density at radius 2 is 1.91 bits per heavy atom. The van der Waals surface area contributed by atoms with E-state index in [-0.39, 0.29) is 6.61 Å². The zero-order valence-corrected chi connectivity index (χ0v) is 14.5. The third kappa shape index (κ3) is 4.41. The summed E-state index contributed by atoms with van der Waals surface area (Å²) in [6, 6.07) is 8.30. The predicted octanol–water partition coefficient (Wildman–Crippen LogP) is 2.24. The molecule has 1 heterocycles. The minimum Gasteiger partial charge on any atom is -0.394 e. The van der Waals surface area contributed by atoms with Gasteiger partial charge in [-0.25, -0.2) is 4.68 Å². The summed E-state index contributed by atoms with van der Waals surface area (Å²) >= 11 is 0. The third-order valence-corrected chi connectivity index (χ3v) is 4.07. The van der Waals surface area contributed by atoms with E-state index < -0.39 is 0 Å². The first-order valence-corrected chi connectivity index (χ1v) is 8.02. The molecule has 0 radical (unpaired) electrons. The lowest BCUT2D eigenvalue weighted by atomic mass is 10.1. The average molecular weight is 317 g/mol. The molecule has 5 nitrogen and oxygen atoms in total. The number of likely N-dealkylation sites (N-methyl/N-ethyl adjacent to an activating group) is 1. The molecule has 0 aliphatic rings. The molecule has 23 heavy (non-hydrogen) atoms. The molecule has 0 unspecified atom stereocenters. The number of nitrogens with zero attached hydrogens (tertiary/aromatic N) is 3. The number of benzene rings is 1. The fourth-order valence-corrected chi connectivity index (χ4v) is 2.68. The van der Waals surface area contributed by atoms with Crippen LogP contribution in [0.5, 0.6) is 0 Å². The summed E-state index contributed by atoms with van der Waals surface area (Å²) in [4.78, 5) is 2.22. The number of aliphatic hydroxyl groups excluding tert-OH is 1. The molecular formula is C18H27N3O2. The van der Waals surface area contributed by atoms with Gasteiger partial charge in [0, 0.05) is 24.3 Å². The molecule has 126 valence electrons. The topological polar surface area (TPSA) is 50.5 Å². The minimum atomic E-state index is 0.0745. The van der Waals surface area contributed by atoms with Crippen LogP contribution in [0.1, 0.15) is 22.5 Å². The Labute approximate surface area is 138 Å². The lowest BCUT2D eigenvalue weighted by Crippen LogP contribution is -2.24. The van der Waals surface area contributed by atoms with Crippen molar-refractivity contribution in [1.29, 1.82) is 0 Å². The molecule has 1 aromatic heterocycles. The van der Waals surface area contributed by atoms with Crippen LogP contribution in [-0.4, -0.2) is 53.2 Å². The van der Waals surface area contributed by atoms with Gasteiger partial charge in [-0.05, 0) is 39.4 Å². The minimum absolute atomic E-state index is 0.0745. The van der Waals surface area contributed by atoms with Crippen LogP contribution in [0.25, 0.3) is 5.69 Å². The molecule has 0 atom stereocenters. The Balaban J connectivity index is 2.11. The van der Waals surface area contributed by atoms with Crippen LogP contribution in [0, 0.1) is 20.8 Å². The summed E-state index contributed by atoms with van der Waals surface area (Å²) < 4.78 is 7.37. The van der Waals surface area contributed by atoms with Crippen molar-refractivity contribution in [2.24, 2.45) is 0 Å². The predicted molar refractivity (Wildman–Crippen MR) is 92.0 cm³/mol. The lowest BCUT2D eigenvalue weighted by molar-refractivity contribution is 0.0772. The van der Waals surface area contributed by atoms with Crippen molar-refractivity contribution in [3.8, 4) is 5.69 Å². The van der Waals surface area contributed by atoms with Gasteiger partial charge in [-0.2, -0.15) is 5.10 Å². The van der Waals surface area contributed by atoms with Crippen molar-refractivity contribution in [3.05, 3.63) is 46.8 Å². The molecule has 0 saturated heterocycles. The standard InChI is InChI=1S/C18H27N3O2/c1-14-7-5-6-8-18(14)21-16(3)17(15(2)19-21)13-20(4)9-11-23-12-10-22/h5-8,22H,9-13H2,1-4H3. The molecule has 0 aliphatic carbocycles. The van der Waals surface area contributed by atoms with Gasteiger partial charge in [-0.1, -0.05) is 18.2 Å². The first kappa shape index (κ1) is 17.7. The second-order valence-electron chi connectivity index (χ2n) is 5.92. The van der Waals surface area contributed by atoms with Crippen molar-refractivity contribution in [3.63, 3.8) is 0 Å². The zero-order valence-electron chi connectivity index (χ0n) is 14.5. The maximum Gasteiger partial charge on any atom is 0.0698 e. The highest BCUT2D eigenvalue weighted by Gasteiger charge is 2.15. The van der Waals surface area contributed by atoms with E-state index in [0.717, 1.165) is 24.5 Å². The smallest absolute Gasteiger partial charge is 0.0698 e. The highest BCUT2D eigenvalue weighted by molar-refractivity contribution is 5.42. The number of aromatic nitrogens is 2. The van der Waals surface area contributed by atoms with Crippen molar-refractivity contribution in [2.45, 2.75) is 27.3 Å². The van der Waals surface area contributed by atoms with E-state index in [1.165, 1.54) is 16.8 Å². The maximum absolute atomic E-state index is 8.72. The van der Waals surface area contributed by atoms with Gasteiger partial charge in [-0.15, -0.1) is 0 Å². The fourth-order valence-electron chi connectivity index (χ4n) is 2.68. The summed E-state index contributed by atoms with van der Waals surface area (Å²) in [6.45, 7) is 9.06. The molecule has 0 bridgehead atoms. The van der Waals surface area contributed by atoms with Crippen LogP contribution in [0.4, 0.5) is 0 Å². The van der Waals surface area contributed by atoms with Gasteiger partial charge in [-0.3, -0.25) is 4.90 Å². The molecule has 2 rings (SSSR count). The second kappa shape index (κ2) is 8.24. The van der Waals surface area contributed by atoms with Gasteiger partial charge in [0.1, 0.15) is 0 Å². The van der Waals surface area contributed by atoms with Crippen LogP contribution in [0.15, 0.2) is 24.3 Å². The normalized spacial score (nSPS) is 11.4. The van der Waals surface area contributed by atoms with Crippen molar-refractivity contribution < 1.29 is 9.84 Å². The number of hydrogen-bond acceptors (Lipinski definition) is 4. The molecular weight excluding hydrogens is 290 g/mol. The Bertz CT molecular complexity index is 637. The first-order valence-electron chi connectivity index (χ1n) is 8.02. The number of ether oxygens (including phenoxy) is 1. The van der Waals surface area contributed by atoms with Gasteiger partial charge in [0.05, 0.1) is 31.2 Å². The van der Waals surface area contributed by atoms with Gasteiger partial charge < -0.3 is 9.84 Å². The maximum atomic E-state index is 8.72. The number of rotatable bonds is 8. The lowest BCUT2D eigenvalue weighted by Gasteiger charge is -2.17. The highest BCUT2D eigenvalue weighted by Crippen LogP contribution is 2.21. The number of aliphatic hydroxyl groups is 1. The Morgan fingerprint density at radius 3 is 2.61 bits per heavy atom. The quantitative estimate of drug-likeness (QED) is 0.759. The van der Waals surface area contributed by atoms with Crippen LogP contribution in [0.3, 0.4) is 0 Å². The van der Waals surface area contributed by atoms with E-state index in [4.69, 9.17) is 14.9 Å². The highest BCUT2D eigenvalue weighted by atomic mass is 16.5. The van der Waals surface area contributed by atoms with Crippen LogP contribution in [0.2, 0.25) is 0 Å². The van der Waals surface area contributed by atoms with E-state index in [1.807, 2.05) is 16.8 Å². The van der Waals surface area contributed by atoms with Gasteiger partial charge in [0.25, 0.3) is 0 Å². The number of aryl methyl sites for hydroxylation is 2. The summed E-state index contributed by atoms with van der Waals surface area (Å²) in [6.07, 6.45) is 0. The molecule has 1 N–H and O–H groups in total. The van der Waals surface area contributed by atoms with Crippen molar-refractivity contribution in [2.75, 3.05) is 33.4 Å². The zero-order chi connectivity index (χ0) is 16.8. The molecule has 0 fully saturated rings. The van der Waals surface area contributed by atoms with Crippen LogP contribution < -0.4 is 0 Å². The Hall–Kier alpha value is -1.69. The van der Waals surface area contributed by atoms with Gasteiger partial charge in [0.2, 0.25) is 0 Å². The number of hydrogen-bond donors (Lipinski definition) is 1. The van der Waals surface area contributed by atoms with Crippen molar-refractivity contribution in [1.82, 2.24) is 14.7 Å². The Kier molecular flexibility index (Phi) is 6.33. The van der Waals surface area contributed by atoms with E-state index >= 15 is 0 Å². The third-order valence-electron chi connectivity index (χ3n) is 4.07. The molecule has 5 heteroatoms. The average Bonchev–Trinajstić information content (AvgIpc) is 2.80. The monoisotopic (exact) mass is 317 g/mol. The van der Waals surface area contributed by atoms with E-state index in [9.17, 15) is 0 Å². The molecule has 1 aromatic carbocycles. The van der Waals surface area contributed by atoms with Crippen LogP contribution >= 0.6 is 0 Å². The summed E-state index contributed by atoms with van der Waals surface area (Å²) in [5.74, 6) is 0. The van der Waals surface area contributed by atoms with Crippen molar-refractivity contribution >= 4 is 0 Å². The van der Waals surface area contributed by atoms with Gasteiger partial charge in [0.15, 0.2) is 0 Å².